The first-order valence-electron chi connectivity index (χ1n) is 9.21. The second kappa shape index (κ2) is 12.7. The lowest BCUT2D eigenvalue weighted by Gasteiger charge is -2.06. The molecular formula is C24H16N4O4. The van der Waals surface area contributed by atoms with Crippen LogP contribution in [-0.2, 0) is 25.6 Å². The van der Waals surface area contributed by atoms with Crippen LogP contribution in [0.3, 0.4) is 0 Å². The van der Waals surface area contributed by atoms with Crippen molar-refractivity contribution in [1.82, 2.24) is 0 Å². The second-order valence-electron chi connectivity index (χ2n) is 6.22. The Kier molecular flexibility index (Phi) is 9.30. The van der Waals surface area contributed by atoms with Gasteiger partial charge in [-0.1, -0.05) is 42.5 Å². The molecule has 0 aliphatic rings. The minimum Gasteiger partial charge on any atom is -0.211 e. The average Bonchev–Trinajstić information content (AvgIpc) is 2.80. The molecule has 0 aromatic heterocycles. The van der Waals surface area contributed by atoms with Crippen molar-refractivity contribution in [3.63, 3.8) is 0 Å². The Morgan fingerprint density at radius 3 is 1.56 bits per heavy atom. The van der Waals surface area contributed by atoms with Crippen molar-refractivity contribution in [1.29, 1.82) is 0 Å². The molecule has 0 saturated carbocycles. The molecule has 8 nitrogen and oxygen atoms in total. The summed E-state index contributed by atoms with van der Waals surface area (Å²) in [7, 11) is 0. The maximum absolute atomic E-state index is 10.4. The summed E-state index contributed by atoms with van der Waals surface area (Å²) in [5.41, 5.74) is 4.61. The fraction of sp³-hybridized carbons (Fsp3) is 0.0833. The Balaban J connectivity index is 0.000000244. The highest BCUT2D eigenvalue weighted by Gasteiger charge is 2.06. The highest BCUT2D eigenvalue weighted by atomic mass is 16.1. The maximum Gasteiger partial charge on any atom is 0.240 e. The third-order valence-corrected chi connectivity index (χ3v) is 4.23. The van der Waals surface area contributed by atoms with Crippen molar-refractivity contribution in [3.05, 3.63) is 83.4 Å². The summed E-state index contributed by atoms with van der Waals surface area (Å²) in [5, 5.41) is 0. The first kappa shape index (κ1) is 23.5. The second-order valence-corrected chi connectivity index (χ2v) is 6.22. The van der Waals surface area contributed by atoms with Crippen LogP contribution in [0.1, 0.15) is 16.7 Å². The molecular weight excluding hydrogens is 408 g/mol. The van der Waals surface area contributed by atoms with Gasteiger partial charge in [-0.05, 0) is 47.9 Å². The smallest absolute Gasteiger partial charge is 0.211 e. The Labute approximate surface area is 183 Å². The lowest BCUT2D eigenvalue weighted by Crippen LogP contribution is -1.89. The summed E-state index contributed by atoms with van der Waals surface area (Å²) in [6.07, 6.45) is 6.45. The Hall–Kier alpha value is -4.82. The molecule has 156 valence electrons. The van der Waals surface area contributed by atoms with Crippen LogP contribution in [0.15, 0.2) is 86.7 Å². The van der Waals surface area contributed by atoms with Gasteiger partial charge in [0, 0.05) is 6.42 Å². The van der Waals surface area contributed by atoms with Gasteiger partial charge < -0.3 is 0 Å². The van der Waals surface area contributed by atoms with E-state index in [4.69, 9.17) is 0 Å². The number of isocyanates is 4. The van der Waals surface area contributed by atoms with E-state index in [-0.39, 0.29) is 0 Å². The van der Waals surface area contributed by atoms with Crippen LogP contribution in [0.25, 0.3) is 0 Å². The molecule has 0 heterocycles. The number of hydrogen-bond acceptors (Lipinski definition) is 8. The molecule has 0 atom stereocenters. The zero-order valence-corrected chi connectivity index (χ0v) is 17.0. The molecule has 3 aromatic rings. The predicted octanol–water partition coefficient (Wildman–Crippen LogP) is 5.14. The fourth-order valence-electron chi connectivity index (χ4n) is 2.73. The summed E-state index contributed by atoms with van der Waals surface area (Å²) in [6.45, 7) is 1.80. The minimum absolute atomic E-state index is 0.426. The van der Waals surface area contributed by atoms with Gasteiger partial charge in [-0.15, -0.1) is 0 Å². The number of hydrogen-bond donors (Lipinski definition) is 0. The summed E-state index contributed by atoms with van der Waals surface area (Å²) in [4.78, 5) is 54.9. The van der Waals surface area contributed by atoms with E-state index in [2.05, 4.69) is 20.0 Å². The quantitative estimate of drug-likeness (QED) is 0.402. The standard InChI is InChI=1S/C15H10N2O2.C9H6N2O2/c18-10-16-14-7-3-1-5-12(14)9-13-6-2-4-8-15(13)17-11-19;1-7-2-3-8(10-5-12)4-9(7)11-6-13/h1-8H,9H2;2-4H,1H3. The van der Waals surface area contributed by atoms with Gasteiger partial charge >= 0.3 is 0 Å². The van der Waals surface area contributed by atoms with Crippen LogP contribution in [0.2, 0.25) is 0 Å². The lowest BCUT2D eigenvalue weighted by molar-refractivity contribution is 0.564. The molecule has 0 bridgehead atoms. The first-order valence-corrected chi connectivity index (χ1v) is 9.21. The highest BCUT2D eigenvalue weighted by Crippen LogP contribution is 2.26. The third-order valence-electron chi connectivity index (χ3n) is 4.23. The highest BCUT2D eigenvalue weighted by molar-refractivity contribution is 5.62. The summed E-state index contributed by atoms with van der Waals surface area (Å²) < 4.78 is 0. The molecule has 0 spiro atoms. The van der Waals surface area contributed by atoms with Crippen LogP contribution < -0.4 is 0 Å². The average molecular weight is 424 g/mol. The van der Waals surface area contributed by atoms with Gasteiger partial charge in [-0.25, -0.2) is 19.2 Å². The molecule has 3 rings (SSSR count). The third kappa shape index (κ3) is 6.90. The van der Waals surface area contributed by atoms with Gasteiger partial charge in [0.15, 0.2) is 0 Å². The van der Waals surface area contributed by atoms with Gasteiger partial charge in [-0.2, -0.15) is 20.0 Å². The maximum atomic E-state index is 10.4. The predicted molar refractivity (Wildman–Crippen MR) is 118 cm³/mol. The molecule has 0 unspecified atom stereocenters. The normalized spacial score (nSPS) is 8.91. The van der Waals surface area contributed by atoms with E-state index in [0.29, 0.717) is 29.2 Å². The monoisotopic (exact) mass is 424 g/mol. The summed E-state index contributed by atoms with van der Waals surface area (Å²) >= 11 is 0. The number of carbonyl (C=O) groups excluding carboxylic acids is 4. The lowest BCUT2D eigenvalue weighted by atomic mass is 10.0. The molecule has 32 heavy (non-hydrogen) atoms. The van der Waals surface area contributed by atoms with Crippen LogP contribution >= 0.6 is 0 Å². The van der Waals surface area contributed by atoms with Crippen molar-refractivity contribution in [2.75, 3.05) is 0 Å². The van der Waals surface area contributed by atoms with E-state index in [1.165, 1.54) is 30.4 Å². The van der Waals surface area contributed by atoms with Gasteiger partial charge in [0.2, 0.25) is 24.3 Å². The van der Waals surface area contributed by atoms with Gasteiger partial charge in [0.1, 0.15) is 0 Å². The largest absolute Gasteiger partial charge is 0.240 e. The van der Waals surface area contributed by atoms with E-state index in [1.54, 1.807) is 43.3 Å². The van der Waals surface area contributed by atoms with Crippen molar-refractivity contribution in [2.24, 2.45) is 20.0 Å². The minimum atomic E-state index is 0.426. The van der Waals surface area contributed by atoms with Gasteiger partial charge in [0.05, 0.1) is 22.7 Å². The molecule has 0 saturated heterocycles. The van der Waals surface area contributed by atoms with Gasteiger partial charge in [0.25, 0.3) is 0 Å². The molecule has 3 aromatic carbocycles. The Morgan fingerprint density at radius 2 is 1.06 bits per heavy atom. The Morgan fingerprint density at radius 1 is 0.594 bits per heavy atom. The van der Waals surface area contributed by atoms with E-state index in [9.17, 15) is 19.2 Å². The zero-order chi connectivity index (χ0) is 23.2. The fourth-order valence-corrected chi connectivity index (χ4v) is 2.73. The molecule has 0 radical (unpaired) electrons. The first-order chi connectivity index (χ1) is 15.6. The molecule has 0 N–H and O–H groups in total. The van der Waals surface area contributed by atoms with Crippen LogP contribution in [0, 0.1) is 6.92 Å². The Bertz CT molecular complexity index is 1230. The molecule has 8 heteroatoms. The number of benzene rings is 3. The number of aliphatic imine (C=N–C) groups is 4. The van der Waals surface area contributed by atoms with Crippen molar-refractivity contribution in [2.45, 2.75) is 13.3 Å². The van der Waals surface area contributed by atoms with Crippen LogP contribution in [0.5, 0.6) is 0 Å². The molecule has 0 aliphatic heterocycles. The SMILES string of the molecule is Cc1ccc(N=C=O)cc1N=C=O.O=C=Nc1ccccc1Cc1ccccc1N=C=O. The number of rotatable bonds is 6. The molecule has 0 fully saturated rings. The van der Waals surface area contributed by atoms with Crippen molar-refractivity contribution >= 4 is 47.1 Å². The van der Waals surface area contributed by atoms with Crippen LogP contribution in [-0.4, -0.2) is 24.3 Å². The number of nitrogens with zero attached hydrogens (tertiary/aromatic N) is 4. The topological polar surface area (TPSA) is 118 Å². The van der Waals surface area contributed by atoms with E-state index >= 15 is 0 Å². The summed E-state index contributed by atoms with van der Waals surface area (Å²) in [6, 6.07) is 19.4. The van der Waals surface area contributed by atoms with E-state index in [1.807, 2.05) is 24.3 Å². The van der Waals surface area contributed by atoms with Crippen LogP contribution in [0.4, 0.5) is 22.7 Å². The van der Waals surface area contributed by atoms with E-state index < -0.39 is 0 Å². The number of aryl methyl sites for hydroxylation is 1. The van der Waals surface area contributed by atoms with Gasteiger partial charge in [-0.3, -0.25) is 0 Å². The van der Waals surface area contributed by atoms with Crippen molar-refractivity contribution in [3.8, 4) is 0 Å². The summed E-state index contributed by atoms with van der Waals surface area (Å²) in [5.74, 6) is 0. The molecule has 0 amide bonds. The number of para-hydroxylation sites is 2. The van der Waals surface area contributed by atoms with Crippen molar-refractivity contribution < 1.29 is 19.2 Å². The molecule has 0 aliphatic carbocycles. The zero-order valence-electron chi connectivity index (χ0n) is 17.0. The van der Waals surface area contributed by atoms with E-state index in [0.717, 1.165) is 16.7 Å².